The molecule has 206 valence electrons. The number of aromatic amines is 1. The van der Waals surface area contributed by atoms with Crippen molar-refractivity contribution in [2.75, 3.05) is 18.0 Å². The molecule has 7 rings (SSSR count). The summed E-state index contributed by atoms with van der Waals surface area (Å²) in [7, 11) is 0. The highest BCUT2D eigenvalue weighted by molar-refractivity contribution is 6.02. The second-order valence-corrected chi connectivity index (χ2v) is 10.5. The molecule has 6 aromatic rings. The molecule has 3 aromatic carbocycles. The first kappa shape index (κ1) is 25.4. The van der Waals surface area contributed by atoms with Gasteiger partial charge < -0.3 is 24.4 Å². The highest BCUT2D eigenvalue weighted by atomic mass is 19.1. The molecule has 0 aliphatic carbocycles. The maximum Gasteiger partial charge on any atom is 0.345 e. The van der Waals surface area contributed by atoms with Gasteiger partial charge in [0.15, 0.2) is 0 Å². The lowest BCUT2D eigenvalue weighted by atomic mass is 10.0. The Morgan fingerprint density at radius 3 is 2.76 bits per heavy atom. The summed E-state index contributed by atoms with van der Waals surface area (Å²) in [5, 5.41) is 6.85. The molecule has 1 aliphatic heterocycles. The van der Waals surface area contributed by atoms with Gasteiger partial charge >= 0.3 is 5.63 Å². The zero-order valence-electron chi connectivity index (χ0n) is 22.3. The summed E-state index contributed by atoms with van der Waals surface area (Å²) >= 11 is 0. The summed E-state index contributed by atoms with van der Waals surface area (Å²) in [5.74, 6) is 0.489. The second-order valence-electron chi connectivity index (χ2n) is 10.5. The number of nitrogens with one attached hydrogen (secondary N) is 2. The van der Waals surface area contributed by atoms with E-state index in [9.17, 15) is 9.18 Å². The van der Waals surface area contributed by atoms with Crippen LogP contribution in [0.25, 0.3) is 32.6 Å². The summed E-state index contributed by atoms with van der Waals surface area (Å²) in [5.41, 5.74) is 3.00. The molecule has 2 unspecified atom stereocenters. The number of fused-ring (bicyclic) bond motifs is 4. The number of ether oxygens (including phenoxy) is 1. The van der Waals surface area contributed by atoms with Crippen LogP contribution in [-0.2, 0) is 17.9 Å². The van der Waals surface area contributed by atoms with Crippen LogP contribution in [0.15, 0.2) is 100 Å². The second kappa shape index (κ2) is 10.8. The van der Waals surface area contributed by atoms with Crippen LogP contribution < -0.4 is 15.8 Å². The number of hydrogen-bond acceptors (Lipinski definition) is 6. The number of halogens is 1. The Kier molecular flexibility index (Phi) is 6.70. The van der Waals surface area contributed by atoms with E-state index in [1.54, 1.807) is 24.4 Å². The predicted molar refractivity (Wildman–Crippen MR) is 159 cm³/mol. The minimum Gasteiger partial charge on any atom is -0.422 e. The third-order valence-electron chi connectivity index (χ3n) is 7.88. The van der Waals surface area contributed by atoms with Crippen LogP contribution in [0.2, 0.25) is 0 Å². The van der Waals surface area contributed by atoms with Gasteiger partial charge in [-0.15, -0.1) is 0 Å². The molecule has 3 aromatic heterocycles. The van der Waals surface area contributed by atoms with Gasteiger partial charge in [-0.05, 0) is 53.8 Å². The minimum atomic E-state index is -0.349. The Labute approximate surface area is 235 Å². The summed E-state index contributed by atoms with van der Waals surface area (Å²) in [6.07, 6.45) is 2.43. The normalized spacial score (nSPS) is 17.5. The van der Waals surface area contributed by atoms with Gasteiger partial charge in [-0.2, -0.15) is 0 Å². The number of anilines is 1. The average molecular weight is 549 g/mol. The smallest absolute Gasteiger partial charge is 0.345 e. The number of piperidine rings is 1. The summed E-state index contributed by atoms with van der Waals surface area (Å²) < 4.78 is 26.2. The molecule has 0 bridgehead atoms. The molecule has 2 atom stereocenters. The number of rotatable bonds is 7. The van der Waals surface area contributed by atoms with Crippen molar-refractivity contribution in [1.29, 1.82) is 0 Å². The topological polar surface area (TPSA) is 83.4 Å². The van der Waals surface area contributed by atoms with Gasteiger partial charge in [-0.3, -0.25) is 0 Å². The molecular weight excluding hydrogens is 519 g/mol. The minimum absolute atomic E-state index is 0.0567. The molecular formula is C33H29FN4O3. The Morgan fingerprint density at radius 2 is 1.85 bits per heavy atom. The fourth-order valence-electron chi connectivity index (χ4n) is 5.80. The SMILES string of the molecule is O=c1oc2ccccc2c2[nH]c(CNC3CCN(c4nccc5ccc(F)cc45)CC3OCc3ccccc3)cc12. The number of benzene rings is 3. The van der Waals surface area contributed by atoms with Crippen LogP contribution in [-0.4, -0.2) is 35.2 Å². The largest absolute Gasteiger partial charge is 0.422 e. The molecule has 4 heterocycles. The predicted octanol–water partition coefficient (Wildman–Crippen LogP) is 5.92. The van der Waals surface area contributed by atoms with Crippen molar-refractivity contribution in [1.82, 2.24) is 15.3 Å². The van der Waals surface area contributed by atoms with E-state index in [4.69, 9.17) is 9.15 Å². The molecule has 0 saturated carbocycles. The number of hydrogen-bond donors (Lipinski definition) is 2. The lowest BCUT2D eigenvalue weighted by Crippen LogP contribution is -2.53. The van der Waals surface area contributed by atoms with E-state index in [2.05, 4.69) is 32.3 Å². The van der Waals surface area contributed by atoms with Gasteiger partial charge in [0.05, 0.1) is 23.6 Å². The molecule has 0 amide bonds. The van der Waals surface area contributed by atoms with E-state index in [1.165, 1.54) is 6.07 Å². The van der Waals surface area contributed by atoms with Crippen LogP contribution >= 0.6 is 0 Å². The van der Waals surface area contributed by atoms with Gasteiger partial charge in [-0.25, -0.2) is 14.2 Å². The van der Waals surface area contributed by atoms with Crippen LogP contribution in [0.3, 0.4) is 0 Å². The molecule has 1 saturated heterocycles. The summed E-state index contributed by atoms with van der Waals surface area (Å²) in [6.45, 7) is 2.37. The number of aromatic nitrogens is 2. The first-order valence-electron chi connectivity index (χ1n) is 13.8. The number of nitrogens with zero attached hydrogens (tertiary/aromatic N) is 2. The lowest BCUT2D eigenvalue weighted by Gasteiger charge is -2.39. The number of H-pyrrole nitrogens is 1. The van der Waals surface area contributed by atoms with Gasteiger partial charge in [0, 0.05) is 48.3 Å². The third-order valence-corrected chi connectivity index (χ3v) is 7.88. The highest BCUT2D eigenvalue weighted by Gasteiger charge is 2.31. The molecule has 1 fully saturated rings. The standard InChI is InChI=1S/C33H29FN4O3/c34-23-11-10-22-12-14-35-32(26(22)16-23)38-15-13-28(30(19-38)40-20-21-6-2-1-3-7-21)36-18-24-17-27-31(37-24)25-8-4-5-9-29(25)41-33(27)39/h1-12,14,16-17,28,30,36-37H,13,15,18-20H2. The van der Waals surface area contributed by atoms with Gasteiger partial charge in [0.2, 0.25) is 0 Å². The maximum absolute atomic E-state index is 14.2. The van der Waals surface area contributed by atoms with Crippen molar-refractivity contribution < 1.29 is 13.5 Å². The van der Waals surface area contributed by atoms with Crippen LogP contribution in [0.1, 0.15) is 17.7 Å². The van der Waals surface area contributed by atoms with Gasteiger partial charge in [-0.1, -0.05) is 48.5 Å². The van der Waals surface area contributed by atoms with E-state index < -0.39 is 0 Å². The van der Waals surface area contributed by atoms with Crippen LogP contribution in [0.5, 0.6) is 0 Å². The van der Waals surface area contributed by atoms with Crippen molar-refractivity contribution in [3.63, 3.8) is 0 Å². The fourth-order valence-corrected chi connectivity index (χ4v) is 5.80. The van der Waals surface area contributed by atoms with E-state index in [0.29, 0.717) is 30.7 Å². The molecule has 7 nitrogen and oxygen atoms in total. The Balaban J connectivity index is 1.14. The van der Waals surface area contributed by atoms with Crippen molar-refractivity contribution in [3.8, 4) is 0 Å². The lowest BCUT2D eigenvalue weighted by molar-refractivity contribution is 0.00887. The Hall–Kier alpha value is -4.53. The quantitative estimate of drug-likeness (QED) is 0.241. The van der Waals surface area contributed by atoms with Crippen molar-refractivity contribution >= 4 is 38.5 Å². The molecule has 2 N–H and O–H groups in total. The summed E-state index contributed by atoms with van der Waals surface area (Å²) in [4.78, 5) is 22.9. The van der Waals surface area contributed by atoms with Gasteiger partial charge in [0.1, 0.15) is 17.2 Å². The summed E-state index contributed by atoms with van der Waals surface area (Å²) in [6, 6.07) is 26.3. The van der Waals surface area contributed by atoms with Crippen LogP contribution in [0.4, 0.5) is 10.2 Å². The molecule has 1 aliphatic rings. The van der Waals surface area contributed by atoms with E-state index in [0.717, 1.165) is 51.7 Å². The van der Waals surface area contributed by atoms with Gasteiger partial charge in [0.25, 0.3) is 0 Å². The van der Waals surface area contributed by atoms with Crippen molar-refractivity contribution in [2.45, 2.75) is 31.7 Å². The van der Waals surface area contributed by atoms with E-state index in [-0.39, 0.29) is 23.6 Å². The zero-order valence-corrected chi connectivity index (χ0v) is 22.3. The van der Waals surface area contributed by atoms with E-state index in [1.807, 2.05) is 48.5 Å². The Bertz CT molecular complexity index is 1900. The van der Waals surface area contributed by atoms with Crippen LogP contribution in [0, 0.1) is 5.82 Å². The first-order chi connectivity index (χ1) is 20.1. The third kappa shape index (κ3) is 5.08. The fraction of sp³-hybridized carbons (Fsp3) is 0.212. The first-order valence-corrected chi connectivity index (χ1v) is 13.8. The molecule has 8 heteroatoms. The van der Waals surface area contributed by atoms with Crippen molar-refractivity contribution in [2.24, 2.45) is 0 Å². The van der Waals surface area contributed by atoms with E-state index >= 15 is 0 Å². The zero-order chi connectivity index (χ0) is 27.8. The highest BCUT2D eigenvalue weighted by Crippen LogP contribution is 2.29. The Morgan fingerprint density at radius 1 is 1.00 bits per heavy atom. The average Bonchev–Trinajstić information content (AvgIpc) is 3.45. The van der Waals surface area contributed by atoms with Crippen molar-refractivity contribution in [3.05, 3.63) is 119 Å². The molecule has 41 heavy (non-hydrogen) atoms. The molecule has 0 radical (unpaired) electrons. The maximum atomic E-state index is 14.2. The number of para-hydroxylation sites is 1. The molecule has 0 spiro atoms. The number of pyridine rings is 1. The monoisotopic (exact) mass is 548 g/mol.